The monoisotopic (exact) mass is 324 g/mol. The van der Waals surface area contributed by atoms with Crippen molar-refractivity contribution in [1.29, 1.82) is 0 Å². The molecule has 9 heavy (non-hydrogen) atoms. The van der Waals surface area contributed by atoms with Crippen LogP contribution in [0.2, 0.25) is 0 Å². The standard InChI is InChI=1S/C8H18.Pb.2H/c1-4-6-7-8(3)5-2;;;/h8H,4-7H2,1-3H3;;;. The van der Waals surface area contributed by atoms with E-state index < -0.39 is 0 Å². The van der Waals surface area contributed by atoms with E-state index in [1.54, 1.807) is 0 Å². The summed E-state index contributed by atoms with van der Waals surface area (Å²) in [5.41, 5.74) is 0. The van der Waals surface area contributed by atoms with E-state index in [4.69, 9.17) is 0 Å². The van der Waals surface area contributed by atoms with E-state index in [0.29, 0.717) is 0 Å². The summed E-state index contributed by atoms with van der Waals surface area (Å²) in [6.07, 6.45) is 5.53. The normalized spacial score (nSPS) is 12.3. The molecule has 0 N–H and O–H groups in total. The van der Waals surface area contributed by atoms with Crippen molar-refractivity contribution in [1.82, 2.24) is 0 Å². The minimum atomic E-state index is 0. The van der Waals surface area contributed by atoms with Crippen molar-refractivity contribution in [2.75, 3.05) is 0 Å². The van der Waals surface area contributed by atoms with Crippen LogP contribution < -0.4 is 0 Å². The summed E-state index contributed by atoms with van der Waals surface area (Å²) in [5, 5.41) is 0. The van der Waals surface area contributed by atoms with Crippen molar-refractivity contribution >= 4 is 27.3 Å². The fraction of sp³-hybridized carbons (Fsp3) is 1.00. The van der Waals surface area contributed by atoms with Gasteiger partial charge in [-0.15, -0.1) is 0 Å². The minimum absolute atomic E-state index is 0. The second kappa shape index (κ2) is 8.92. The summed E-state index contributed by atoms with van der Waals surface area (Å²) in [5.74, 6) is 0.954. The van der Waals surface area contributed by atoms with Gasteiger partial charge >= 0.3 is 27.3 Å². The molecule has 0 aromatic rings. The number of rotatable bonds is 4. The van der Waals surface area contributed by atoms with Crippen LogP contribution >= 0.6 is 0 Å². The molecule has 0 amide bonds. The Morgan fingerprint density at radius 2 is 1.78 bits per heavy atom. The molecule has 0 fully saturated rings. The predicted molar refractivity (Wildman–Crippen MR) is 47.5 cm³/mol. The van der Waals surface area contributed by atoms with Gasteiger partial charge in [-0.05, 0) is 5.92 Å². The molecule has 0 nitrogen and oxygen atoms in total. The summed E-state index contributed by atoms with van der Waals surface area (Å²) in [6, 6.07) is 0. The van der Waals surface area contributed by atoms with Gasteiger partial charge in [0, 0.05) is 0 Å². The topological polar surface area (TPSA) is 0 Å². The van der Waals surface area contributed by atoms with Crippen LogP contribution in [-0.4, -0.2) is 27.3 Å². The number of unbranched alkanes of at least 4 members (excludes halogenated alkanes) is 1. The van der Waals surface area contributed by atoms with E-state index >= 15 is 0 Å². The molecule has 0 aliphatic carbocycles. The van der Waals surface area contributed by atoms with Crippen molar-refractivity contribution in [2.45, 2.75) is 46.5 Å². The Balaban J connectivity index is 0. The summed E-state index contributed by atoms with van der Waals surface area (Å²) < 4.78 is 0. The first-order valence-electron chi connectivity index (χ1n) is 3.81. The van der Waals surface area contributed by atoms with Gasteiger partial charge in [-0.25, -0.2) is 0 Å². The van der Waals surface area contributed by atoms with Crippen molar-refractivity contribution in [2.24, 2.45) is 5.92 Å². The zero-order chi connectivity index (χ0) is 6.41. The van der Waals surface area contributed by atoms with Gasteiger partial charge in [0.15, 0.2) is 0 Å². The van der Waals surface area contributed by atoms with E-state index in [1.807, 2.05) is 0 Å². The van der Waals surface area contributed by atoms with E-state index in [2.05, 4.69) is 20.8 Å². The molecule has 0 aliphatic heterocycles. The fourth-order valence-electron chi connectivity index (χ4n) is 0.757. The first kappa shape index (κ1) is 12.6. The zero-order valence-electron chi connectivity index (χ0n) is 7.11. The van der Waals surface area contributed by atoms with Gasteiger partial charge in [-0.1, -0.05) is 46.5 Å². The van der Waals surface area contributed by atoms with Gasteiger partial charge in [0.05, 0.1) is 0 Å². The molecule has 0 saturated carbocycles. The first-order valence-corrected chi connectivity index (χ1v) is 3.81. The Kier molecular flexibility index (Phi) is 12.5. The van der Waals surface area contributed by atoms with Gasteiger partial charge in [0.2, 0.25) is 0 Å². The summed E-state index contributed by atoms with van der Waals surface area (Å²) in [6.45, 7) is 6.85. The van der Waals surface area contributed by atoms with Crippen LogP contribution in [-0.2, 0) is 0 Å². The molecule has 0 aromatic heterocycles. The zero-order valence-corrected chi connectivity index (χ0v) is 12.6. The molecular formula is C8H20Pb. The van der Waals surface area contributed by atoms with E-state index in [9.17, 15) is 0 Å². The predicted octanol–water partition coefficient (Wildman–Crippen LogP) is 2.31. The van der Waals surface area contributed by atoms with Crippen LogP contribution in [0, 0.1) is 5.92 Å². The molecule has 1 unspecified atom stereocenters. The molecule has 0 aliphatic rings. The fourth-order valence-corrected chi connectivity index (χ4v) is 0.757. The molecule has 56 valence electrons. The molecule has 0 aromatic carbocycles. The number of hydrogen-bond donors (Lipinski definition) is 0. The Labute approximate surface area is 79.6 Å². The van der Waals surface area contributed by atoms with Gasteiger partial charge in [-0.3, -0.25) is 0 Å². The Morgan fingerprint density at radius 1 is 1.22 bits per heavy atom. The summed E-state index contributed by atoms with van der Waals surface area (Å²) in [7, 11) is 0. The molecular weight excluding hydrogens is 303 g/mol. The van der Waals surface area contributed by atoms with Crippen LogP contribution in [0.25, 0.3) is 0 Å². The Bertz CT molecular complexity index is 43.8. The molecule has 1 atom stereocenters. The Hall–Kier alpha value is 0.922. The molecule has 0 heterocycles. The maximum absolute atomic E-state index is 2.33. The van der Waals surface area contributed by atoms with E-state index in [1.165, 1.54) is 25.7 Å². The van der Waals surface area contributed by atoms with Crippen LogP contribution in [0.5, 0.6) is 0 Å². The van der Waals surface area contributed by atoms with Gasteiger partial charge < -0.3 is 0 Å². The third-order valence-electron chi connectivity index (χ3n) is 1.75. The summed E-state index contributed by atoms with van der Waals surface area (Å²) in [4.78, 5) is 0. The Morgan fingerprint density at radius 3 is 2.11 bits per heavy atom. The van der Waals surface area contributed by atoms with E-state index in [0.717, 1.165) is 5.92 Å². The molecule has 0 saturated heterocycles. The second-order valence-corrected chi connectivity index (χ2v) is 2.66. The van der Waals surface area contributed by atoms with Crippen LogP contribution in [0.15, 0.2) is 0 Å². The third-order valence-corrected chi connectivity index (χ3v) is 1.75. The average molecular weight is 323 g/mol. The van der Waals surface area contributed by atoms with E-state index in [-0.39, 0.29) is 27.3 Å². The van der Waals surface area contributed by atoms with Gasteiger partial charge in [-0.2, -0.15) is 0 Å². The molecule has 1 heteroatoms. The van der Waals surface area contributed by atoms with Crippen molar-refractivity contribution in [3.63, 3.8) is 0 Å². The first-order chi connectivity index (χ1) is 3.81. The van der Waals surface area contributed by atoms with Gasteiger partial charge in [0.25, 0.3) is 0 Å². The van der Waals surface area contributed by atoms with Crippen LogP contribution in [0.1, 0.15) is 46.5 Å². The van der Waals surface area contributed by atoms with Crippen LogP contribution in [0.3, 0.4) is 0 Å². The molecule has 0 spiro atoms. The van der Waals surface area contributed by atoms with Crippen molar-refractivity contribution in [3.8, 4) is 0 Å². The SMILES string of the molecule is CCCCC(C)CC.[PbH2]. The average Bonchev–Trinajstić information content (AvgIpc) is 1.83. The molecule has 0 bridgehead atoms. The third kappa shape index (κ3) is 8.92. The van der Waals surface area contributed by atoms with Crippen molar-refractivity contribution in [3.05, 3.63) is 0 Å². The molecule has 0 rings (SSSR count). The quantitative estimate of drug-likeness (QED) is 0.697. The maximum atomic E-state index is 2.33. The second-order valence-electron chi connectivity index (χ2n) is 2.66. The van der Waals surface area contributed by atoms with Crippen molar-refractivity contribution < 1.29 is 0 Å². The summed E-state index contributed by atoms with van der Waals surface area (Å²) >= 11 is 0. The van der Waals surface area contributed by atoms with Gasteiger partial charge in [0.1, 0.15) is 0 Å². The van der Waals surface area contributed by atoms with Crippen LogP contribution in [0.4, 0.5) is 0 Å². The molecule has 2 radical (unpaired) electrons. The number of hydrogen-bond acceptors (Lipinski definition) is 0.